The smallest absolute Gasteiger partial charge is 0.175 e. The highest BCUT2D eigenvalue weighted by Crippen LogP contribution is 2.26. The first-order chi connectivity index (χ1) is 16.1. The van der Waals surface area contributed by atoms with Crippen molar-refractivity contribution in [2.24, 2.45) is 4.99 Å². The zero-order valence-electron chi connectivity index (χ0n) is 19.1. The molecule has 9 heteroatoms. The summed E-state index contributed by atoms with van der Waals surface area (Å²) in [6.07, 6.45) is 5.62. The molecule has 0 bridgehead atoms. The summed E-state index contributed by atoms with van der Waals surface area (Å²) < 4.78 is 32.6. The van der Waals surface area contributed by atoms with Gasteiger partial charge in [0.15, 0.2) is 11.6 Å². The molecule has 3 aromatic rings. The SMILES string of the molecule is CC.COc1cc(/C=C2\OCCN=C2NSNc2ccc(F)cc2)ccc1-n1cnc(C)c1. The summed E-state index contributed by atoms with van der Waals surface area (Å²) in [4.78, 5) is 8.78. The van der Waals surface area contributed by atoms with Gasteiger partial charge in [0.1, 0.15) is 18.2 Å². The van der Waals surface area contributed by atoms with Gasteiger partial charge in [-0.05, 0) is 55.0 Å². The Hall–Kier alpha value is -3.46. The van der Waals surface area contributed by atoms with Gasteiger partial charge < -0.3 is 18.8 Å². The highest BCUT2D eigenvalue weighted by atomic mass is 32.2. The van der Waals surface area contributed by atoms with Crippen molar-refractivity contribution < 1.29 is 13.9 Å². The Morgan fingerprint density at radius 2 is 1.94 bits per heavy atom. The Kier molecular flexibility index (Phi) is 8.77. The van der Waals surface area contributed by atoms with Crippen LogP contribution in [0.1, 0.15) is 25.1 Å². The molecule has 2 aromatic carbocycles. The third kappa shape index (κ3) is 6.52. The number of amidine groups is 1. The highest BCUT2D eigenvalue weighted by Gasteiger charge is 2.15. The third-order valence-corrected chi connectivity index (χ3v) is 5.14. The number of aryl methyl sites for hydroxylation is 1. The zero-order chi connectivity index (χ0) is 23.6. The fraction of sp³-hybridized carbons (Fsp3) is 0.250. The topological polar surface area (TPSA) is 72.7 Å². The lowest BCUT2D eigenvalue weighted by Gasteiger charge is -2.18. The standard InChI is InChI=1S/C22H22FN5O2S.C2H6/c1-15-13-28(14-25-15)19-8-3-16(11-20(19)29-2)12-21-22(24-9-10-30-21)27-31-26-18-6-4-17(23)5-7-18;1-2/h3-8,11-14,26H,9-10H2,1-2H3,(H,24,27);1-2H3/b21-12-;. The summed E-state index contributed by atoms with van der Waals surface area (Å²) in [5, 5.41) is 0. The lowest BCUT2D eigenvalue weighted by Crippen LogP contribution is -2.26. The van der Waals surface area contributed by atoms with Crippen LogP contribution in [0.4, 0.5) is 10.1 Å². The number of nitrogens with one attached hydrogen (secondary N) is 2. The third-order valence-electron chi connectivity index (χ3n) is 4.50. The quantitative estimate of drug-likeness (QED) is 0.472. The Morgan fingerprint density at radius 1 is 1.15 bits per heavy atom. The average molecular weight is 470 g/mol. The highest BCUT2D eigenvalue weighted by molar-refractivity contribution is 7.99. The molecule has 174 valence electrons. The van der Waals surface area contributed by atoms with Crippen LogP contribution < -0.4 is 14.2 Å². The van der Waals surface area contributed by atoms with E-state index >= 15 is 0 Å². The largest absolute Gasteiger partial charge is 0.495 e. The number of hydrogen-bond donors (Lipinski definition) is 2. The predicted molar refractivity (Wildman–Crippen MR) is 133 cm³/mol. The normalized spacial score (nSPS) is 14.0. The van der Waals surface area contributed by atoms with Gasteiger partial charge in [-0.1, -0.05) is 19.9 Å². The summed E-state index contributed by atoms with van der Waals surface area (Å²) in [6, 6.07) is 12.0. The van der Waals surface area contributed by atoms with Crippen molar-refractivity contribution in [2.75, 3.05) is 25.0 Å². The molecule has 33 heavy (non-hydrogen) atoms. The summed E-state index contributed by atoms with van der Waals surface area (Å²) >= 11 is 1.23. The number of rotatable bonds is 6. The fourth-order valence-electron chi connectivity index (χ4n) is 3.00. The van der Waals surface area contributed by atoms with Crippen LogP contribution in [0.3, 0.4) is 0 Å². The lowest BCUT2D eigenvalue weighted by molar-refractivity contribution is 0.233. The minimum absolute atomic E-state index is 0.275. The van der Waals surface area contributed by atoms with E-state index in [4.69, 9.17) is 9.47 Å². The van der Waals surface area contributed by atoms with E-state index in [9.17, 15) is 4.39 Å². The van der Waals surface area contributed by atoms with E-state index in [1.807, 2.05) is 55.8 Å². The number of methoxy groups -OCH3 is 1. The van der Waals surface area contributed by atoms with Gasteiger partial charge in [-0.2, -0.15) is 0 Å². The van der Waals surface area contributed by atoms with Crippen LogP contribution >= 0.6 is 12.1 Å². The van der Waals surface area contributed by atoms with Crippen molar-refractivity contribution in [3.63, 3.8) is 0 Å². The van der Waals surface area contributed by atoms with Crippen molar-refractivity contribution in [3.8, 4) is 11.4 Å². The molecule has 1 aromatic heterocycles. The molecule has 0 aliphatic carbocycles. The van der Waals surface area contributed by atoms with Crippen molar-refractivity contribution in [2.45, 2.75) is 20.8 Å². The van der Waals surface area contributed by atoms with E-state index in [0.29, 0.717) is 24.7 Å². The first-order valence-corrected chi connectivity index (χ1v) is 11.5. The Balaban J connectivity index is 0.00000149. The number of benzene rings is 2. The van der Waals surface area contributed by atoms with E-state index < -0.39 is 0 Å². The maximum atomic E-state index is 13.0. The molecule has 2 N–H and O–H groups in total. The van der Waals surface area contributed by atoms with Crippen LogP contribution in [0.25, 0.3) is 11.8 Å². The molecule has 0 saturated heterocycles. The molecular formula is C24H28FN5O2S. The number of halogens is 1. The van der Waals surface area contributed by atoms with Crippen LogP contribution in [0.2, 0.25) is 0 Å². The van der Waals surface area contributed by atoms with E-state index in [-0.39, 0.29) is 5.82 Å². The molecule has 7 nitrogen and oxygen atoms in total. The summed E-state index contributed by atoms with van der Waals surface area (Å²) in [5.41, 5.74) is 3.53. The monoisotopic (exact) mass is 469 g/mol. The number of ether oxygens (including phenoxy) is 2. The van der Waals surface area contributed by atoms with Gasteiger partial charge in [-0.3, -0.25) is 9.71 Å². The molecule has 4 rings (SSSR count). The van der Waals surface area contributed by atoms with Crippen molar-refractivity contribution >= 4 is 29.7 Å². The molecule has 0 unspecified atom stereocenters. The van der Waals surface area contributed by atoms with E-state index in [1.54, 1.807) is 25.6 Å². The first kappa shape index (κ1) is 24.2. The second-order valence-corrected chi connectivity index (χ2v) is 7.37. The maximum Gasteiger partial charge on any atom is 0.175 e. The molecule has 0 saturated carbocycles. The number of nitrogens with zero attached hydrogens (tertiary/aromatic N) is 3. The number of anilines is 1. The van der Waals surface area contributed by atoms with Gasteiger partial charge in [0.2, 0.25) is 0 Å². The molecule has 2 heterocycles. The van der Waals surface area contributed by atoms with E-state index in [1.165, 1.54) is 24.3 Å². The molecule has 1 aliphatic heterocycles. The van der Waals surface area contributed by atoms with Crippen molar-refractivity contribution in [3.05, 3.63) is 77.8 Å². The van der Waals surface area contributed by atoms with Gasteiger partial charge in [-0.25, -0.2) is 9.37 Å². The second kappa shape index (κ2) is 12.0. The average Bonchev–Trinajstić information content (AvgIpc) is 3.28. The van der Waals surface area contributed by atoms with Crippen LogP contribution in [0.5, 0.6) is 5.75 Å². The van der Waals surface area contributed by atoms with Gasteiger partial charge in [0.05, 0.1) is 43.5 Å². The second-order valence-electron chi connectivity index (χ2n) is 6.75. The van der Waals surface area contributed by atoms with E-state index in [0.717, 1.165) is 28.4 Å². The Morgan fingerprint density at radius 3 is 2.64 bits per heavy atom. The maximum absolute atomic E-state index is 13.0. The number of aliphatic imine (C=N–C) groups is 1. The zero-order valence-corrected chi connectivity index (χ0v) is 19.9. The minimum Gasteiger partial charge on any atom is -0.495 e. The first-order valence-electron chi connectivity index (χ1n) is 10.6. The van der Waals surface area contributed by atoms with Gasteiger partial charge in [0, 0.05) is 11.9 Å². The number of aromatic nitrogens is 2. The van der Waals surface area contributed by atoms with Gasteiger partial charge >= 0.3 is 0 Å². The van der Waals surface area contributed by atoms with Crippen LogP contribution in [-0.4, -0.2) is 35.6 Å². The van der Waals surface area contributed by atoms with Crippen LogP contribution in [-0.2, 0) is 4.74 Å². The molecule has 0 radical (unpaired) electrons. The number of hydrogen-bond acceptors (Lipinski definition) is 7. The summed E-state index contributed by atoms with van der Waals surface area (Å²) in [6.45, 7) is 7.02. The molecule has 1 aliphatic rings. The Bertz CT molecular complexity index is 1110. The van der Waals surface area contributed by atoms with Crippen molar-refractivity contribution in [1.82, 2.24) is 14.3 Å². The summed E-state index contributed by atoms with van der Waals surface area (Å²) in [7, 11) is 1.64. The van der Waals surface area contributed by atoms with E-state index in [2.05, 4.69) is 19.4 Å². The fourth-order valence-corrected chi connectivity index (χ4v) is 3.57. The molecule has 0 spiro atoms. The molecular weight excluding hydrogens is 441 g/mol. The molecule has 0 amide bonds. The number of imidazole rings is 1. The molecule has 0 fully saturated rings. The summed E-state index contributed by atoms with van der Waals surface area (Å²) in [5.74, 6) is 1.71. The van der Waals surface area contributed by atoms with Crippen molar-refractivity contribution in [1.29, 1.82) is 0 Å². The van der Waals surface area contributed by atoms with Crippen LogP contribution in [0.15, 0.2) is 65.7 Å². The lowest BCUT2D eigenvalue weighted by atomic mass is 10.1. The van der Waals surface area contributed by atoms with Gasteiger partial charge in [-0.15, -0.1) is 0 Å². The predicted octanol–water partition coefficient (Wildman–Crippen LogP) is 5.39. The Labute approximate surface area is 198 Å². The molecule has 0 atom stereocenters. The minimum atomic E-state index is -0.275. The van der Waals surface area contributed by atoms with Gasteiger partial charge in [0.25, 0.3) is 0 Å². The van der Waals surface area contributed by atoms with Crippen LogP contribution in [0, 0.1) is 12.7 Å².